The Morgan fingerprint density at radius 3 is 3.00 bits per heavy atom. The molecule has 7 nitrogen and oxygen atoms in total. The van der Waals surface area contributed by atoms with Gasteiger partial charge in [0.1, 0.15) is 18.0 Å². The minimum Gasteiger partial charge on any atom is -0.343 e. The van der Waals surface area contributed by atoms with E-state index in [0.717, 1.165) is 38.0 Å². The van der Waals surface area contributed by atoms with Crippen LogP contribution in [0.3, 0.4) is 0 Å². The Kier molecular flexibility index (Phi) is 4.75. The molecule has 120 valence electrons. The minimum atomic E-state index is 0.155. The predicted octanol–water partition coefficient (Wildman–Crippen LogP) is 1.81. The number of hydrogen-bond donors (Lipinski definition) is 1. The topological polar surface area (TPSA) is 83.9 Å². The van der Waals surface area contributed by atoms with Gasteiger partial charge in [-0.05, 0) is 25.2 Å². The first-order chi connectivity index (χ1) is 11.2. The largest absolute Gasteiger partial charge is 0.343 e. The van der Waals surface area contributed by atoms with Gasteiger partial charge in [-0.3, -0.25) is 9.78 Å². The summed E-state index contributed by atoms with van der Waals surface area (Å²) in [6.07, 6.45) is 9.48. The molecule has 2 aromatic rings. The number of hydrogen-bond acceptors (Lipinski definition) is 6. The fourth-order valence-corrected chi connectivity index (χ4v) is 2.89. The molecule has 1 aliphatic heterocycles. The van der Waals surface area contributed by atoms with E-state index in [1.165, 1.54) is 0 Å². The van der Waals surface area contributed by atoms with Gasteiger partial charge in [0.15, 0.2) is 0 Å². The molecule has 0 aromatic carbocycles. The third kappa shape index (κ3) is 4.21. The number of aromatic nitrogens is 4. The van der Waals surface area contributed by atoms with Crippen LogP contribution >= 0.6 is 0 Å². The summed E-state index contributed by atoms with van der Waals surface area (Å²) >= 11 is 0. The molecule has 1 fully saturated rings. The van der Waals surface area contributed by atoms with Crippen LogP contribution in [0.2, 0.25) is 0 Å². The highest BCUT2D eigenvalue weighted by Crippen LogP contribution is 2.21. The molecular weight excluding hydrogens is 292 g/mol. The minimum absolute atomic E-state index is 0.155. The lowest BCUT2D eigenvalue weighted by molar-refractivity contribution is -0.130. The molecule has 0 saturated carbocycles. The Morgan fingerprint density at radius 2 is 2.22 bits per heavy atom. The SMILES string of the molecule is CC(=O)N1CCC[C@H](Cc2cc(Nc3cnccn3)ncn2)C1. The molecule has 0 unspecified atom stereocenters. The second-order valence-corrected chi connectivity index (χ2v) is 5.79. The van der Waals surface area contributed by atoms with Crippen LogP contribution in [0.4, 0.5) is 11.6 Å². The van der Waals surface area contributed by atoms with Gasteiger partial charge in [-0.15, -0.1) is 0 Å². The maximum absolute atomic E-state index is 11.5. The summed E-state index contributed by atoms with van der Waals surface area (Å²) in [6, 6.07) is 1.93. The average molecular weight is 312 g/mol. The lowest BCUT2D eigenvalue weighted by Crippen LogP contribution is -2.39. The third-order valence-electron chi connectivity index (χ3n) is 4.01. The van der Waals surface area contributed by atoms with Crippen LogP contribution in [0.15, 0.2) is 31.0 Å². The summed E-state index contributed by atoms with van der Waals surface area (Å²) in [5, 5.41) is 3.12. The van der Waals surface area contributed by atoms with Gasteiger partial charge >= 0.3 is 0 Å². The highest BCUT2D eigenvalue weighted by atomic mass is 16.2. The molecular formula is C16H20N6O. The summed E-state index contributed by atoms with van der Waals surface area (Å²) < 4.78 is 0. The molecule has 1 atom stereocenters. The number of piperidine rings is 1. The number of anilines is 2. The quantitative estimate of drug-likeness (QED) is 0.927. The van der Waals surface area contributed by atoms with Crippen molar-refractivity contribution in [3.8, 4) is 0 Å². The van der Waals surface area contributed by atoms with Crippen LogP contribution in [0.25, 0.3) is 0 Å². The van der Waals surface area contributed by atoms with Crippen molar-refractivity contribution in [1.82, 2.24) is 24.8 Å². The Morgan fingerprint density at radius 1 is 1.30 bits per heavy atom. The molecule has 3 heterocycles. The molecule has 0 spiro atoms. The van der Waals surface area contributed by atoms with E-state index in [9.17, 15) is 4.79 Å². The lowest BCUT2D eigenvalue weighted by atomic mass is 9.93. The fourth-order valence-electron chi connectivity index (χ4n) is 2.89. The molecule has 0 bridgehead atoms. The molecule has 7 heteroatoms. The number of carbonyl (C=O) groups excluding carboxylic acids is 1. The van der Waals surface area contributed by atoms with E-state index in [1.807, 2.05) is 11.0 Å². The van der Waals surface area contributed by atoms with E-state index in [0.29, 0.717) is 17.6 Å². The molecule has 1 saturated heterocycles. The van der Waals surface area contributed by atoms with Crippen LogP contribution in [0.5, 0.6) is 0 Å². The second-order valence-electron chi connectivity index (χ2n) is 5.79. The zero-order valence-corrected chi connectivity index (χ0v) is 13.1. The molecule has 1 aliphatic rings. The standard InChI is InChI=1S/C16H20N6O/c1-12(23)22-6-2-3-13(10-22)7-14-8-15(20-11-19-14)21-16-9-17-4-5-18-16/h4-5,8-9,11,13H,2-3,6-7,10H2,1H3,(H,18,19,20,21)/t13-/m1/s1. The third-order valence-corrected chi connectivity index (χ3v) is 4.01. The Labute approximate surface area is 135 Å². The highest BCUT2D eigenvalue weighted by molar-refractivity contribution is 5.73. The molecule has 1 amide bonds. The zero-order chi connectivity index (χ0) is 16.1. The Hall–Kier alpha value is -2.57. The van der Waals surface area contributed by atoms with Gasteiger partial charge in [-0.1, -0.05) is 0 Å². The van der Waals surface area contributed by atoms with Gasteiger partial charge in [-0.25, -0.2) is 15.0 Å². The maximum atomic E-state index is 11.5. The number of amides is 1. The molecule has 3 rings (SSSR count). The number of carbonyl (C=O) groups is 1. The van der Waals surface area contributed by atoms with E-state index in [4.69, 9.17) is 0 Å². The Bertz CT molecular complexity index is 663. The van der Waals surface area contributed by atoms with Crippen molar-refractivity contribution in [3.63, 3.8) is 0 Å². The van der Waals surface area contributed by atoms with E-state index in [2.05, 4.69) is 25.3 Å². The van der Waals surface area contributed by atoms with Crippen LogP contribution in [-0.2, 0) is 11.2 Å². The zero-order valence-electron chi connectivity index (χ0n) is 13.1. The Balaban J connectivity index is 1.64. The smallest absolute Gasteiger partial charge is 0.219 e. The van der Waals surface area contributed by atoms with Crippen molar-refractivity contribution < 1.29 is 4.79 Å². The van der Waals surface area contributed by atoms with Gasteiger partial charge in [-0.2, -0.15) is 0 Å². The molecule has 23 heavy (non-hydrogen) atoms. The summed E-state index contributed by atoms with van der Waals surface area (Å²) in [4.78, 5) is 30.2. The van der Waals surface area contributed by atoms with Crippen molar-refractivity contribution in [3.05, 3.63) is 36.7 Å². The number of likely N-dealkylation sites (tertiary alicyclic amines) is 1. The van der Waals surface area contributed by atoms with E-state index in [-0.39, 0.29) is 5.91 Å². The van der Waals surface area contributed by atoms with Gasteiger partial charge in [0, 0.05) is 44.2 Å². The molecule has 0 radical (unpaired) electrons. The number of nitrogens with one attached hydrogen (secondary N) is 1. The van der Waals surface area contributed by atoms with E-state index < -0.39 is 0 Å². The first-order valence-corrected chi connectivity index (χ1v) is 7.80. The van der Waals surface area contributed by atoms with E-state index >= 15 is 0 Å². The van der Waals surface area contributed by atoms with Crippen LogP contribution in [0.1, 0.15) is 25.5 Å². The van der Waals surface area contributed by atoms with Crippen molar-refractivity contribution in [2.45, 2.75) is 26.2 Å². The van der Waals surface area contributed by atoms with Gasteiger partial charge in [0.25, 0.3) is 0 Å². The summed E-state index contributed by atoms with van der Waals surface area (Å²) in [7, 11) is 0. The normalized spacial score (nSPS) is 17.8. The van der Waals surface area contributed by atoms with Crippen LogP contribution < -0.4 is 5.32 Å². The first-order valence-electron chi connectivity index (χ1n) is 7.80. The average Bonchev–Trinajstić information content (AvgIpc) is 2.56. The second kappa shape index (κ2) is 7.13. The summed E-state index contributed by atoms with van der Waals surface area (Å²) in [5.74, 6) is 1.96. The van der Waals surface area contributed by atoms with Crippen molar-refractivity contribution >= 4 is 17.5 Å². The number of rotatable bonds is 4. The highest BCUT2D eigenvalue weighted by Gasteiger charge is 2.22. The summed E-state index contributed by atoms with van der Waals surface area (Å²) in [5.41, 5.74) is 0.974. The monoisotopic (exact) mass is 312 g/mol. The van der Waals surface area contributed by atoms with Crippen LogP contribution in [0, 0.1) is 5.92 Å². The first kappa shape index (κ1) is 15.3. The number of nitrogens with zero attached hydrogens (tertiary/aromatic N) is 5. The maximum Gasteiger partial charge on any atom is 0.219 e. The van der Waals surface area contributed by atoms with Gasteiger partial charge < -0.3 is 10.2 Å². The van der Waals surface area contributed by atoms with Gasteiger partial charge in [0.05, 0.1) is 6.20 Å². The van der Waals surface area contributed by atoms with Crippen molar-refractivity contribution in [2.75, 3.05) is 18.4 Å². The van der Waals surface area contributed by atoms with Crippen molar-refractivity contribution in [2.24, 2.45) is 5.92 Å². The predicted molar refractivity (Wildman–Crippen MR) is 86.0 cm³/mol. The summed E-state index contributed by atoms with van der Waals surface area (Å²) in [6.45, 7) is 3.32. The fraction of sp³-hybridized carbons (Fsp3) is 0.438. The van der Waals surface area contributed by atoms with Crippen LogP contribution in [-0.4, -0.2) is 43.8 Å². The van der Waals surface area contributed by atoms with Crippen molar-refractivity contribution in [1.29, 1.82) is 0 Å². The lowest BCUT2D eigenvalue weighted by Gasteiger charge is -2.31. The molecule has 1 N–H and O–H groups in total. The van der Waals surface area contributed by atoms with E-state index in [1.54, 1.807) is 31.8 Å². The molecule has 2 aromatic heterocycles. The molecule has 0 aliphatic carbocycles. The van der Waals surface area contributed by atoms with Gasteiger partial charge in [0.2, 0.25) is 5.91 Å².